The topological polar surface area (TPSA) is 98.7 Å². The summed E-state index contributed by atoms with van der Waals surface area (Å²) in [7, 11) is 0. The molecule has 29 heavy (non-hydrogen) atoms. The Hall–Kier alpha value is -3.02. The van der Waals surface area contributed by atoms with E-state index in [1.165, 1.54) is 12.1 Å². The molecule has 1 heterocycles. The van der Waals surface area contributed by atoms with Crippen LogP contribution in [0.3, 0.4) is 0 Å². The van der Waals surface area contributed by atoms with Crippen LogP contribution in [0.5, 0.6) is 11.5 Å². The van der Waals surface area contributed by atoms with E-state index in [9.17, 15) is 19.8 Å². The monoisotopic (exact) mass is 394 g/mol. The van der Waals surface area contributed by atoms with E-state index >= 15 is 0 Å². The second-order valence-electron chi connectivity index (χ2n) is 9.22. The summed E-state index contributed by atoms with van der Waals surface area (Å²) in [5.41, 5.74) is 3.02. The number of fused-ring (bicyclic) bond motifs is 1. The van der Waals surface area contributed by atoms with Crippen molar-refractivity contribution < 1.29 is 19.8 Å². The third kappa shape index (κ3) is 3.33. The first-order valence-electron chi connectivity index (χ1n) is 9.86. The van der Waals surface area contributed by atoms with E-state index in [0.29, 0.717) is 29.7 Å². The molecule has 1 amide bonds. The van der Waals surface area contributed by atoms with Gasteiger partial charge in [0.1, 0.15) is 0 Å². The third-order valence-electron chi connectivity index (χ3n) is 6.14. The Bertz CT molecular complexity index is 1000. The molecule has 0 radical (unpaired) electrons. The van der Waals surface area contributed by atoms with Crippen molar-refractivity contribution in [2.45, 2.75) is 51.5 Å². The van der Waals surface area contributed by atoms with Crippen LogP contribution < -0.4 is 10.6 Å². The zero-order chi connectivity index (χ0) is 21.0. The fourth-order valence-corrected chi connectivity index (χ4v) is 4.04. The molecule has 1 atom stereocenters. The van der Waals surface area contributed by atoms with Crippen molar-refractivity contribution in [2.75, 3.05) is 10.6 Å². The fourth-order valence-electron chi connectivity index (χ4n) is 4.04. The minimum Gasteiger partial charge on any atom is -0.504 e. The molecule has 152 valence electrons. The van der Waals surface area contributed by atoms with E-state index in [4.69, 9.17) is 0 Å². The lowest BCUT2D eigenvalue weighted by Crippen LogP contribution is -2.31. The van der Waals surface area contributed by atoms with Gasteiger partial charge in [-0.25, -0.2) is 0 Å². The Morgan fingerprint density at radius 1 is 1.17 bits per heavy atom. The maximum atomic E-state index is 13.1. The standard InChI is InChI=1S/C23H26N2O4/c1-22(2,3)19-10-13-8-16(9-14(12-26)20(13)25-19)24-21(29)23(6-7-23)15-4-5-17(27)18(28)11-15/h4-5,8-9,11-12,19,25,27-28H,6-7,10H2,1-3H3,(H,24,29). The van der Waals surface area contributed by atoms with Crippen molar-refractivity contribution in [1.29, 1.82) is 0 Å². The summed E-state index contributed by atoms with van der Waals surface area (Å²) in [6.45, 7) is 6.47. The molecule has 0 aromatic heterocycles. The van der Waals surface area contributed by atoms with Crippen molar-refractivity contribution in [1.82, 2.24) is 0 Å². The highest BCUT2D eigenvalue weighted by molar-refractivity contribution is 6.02. The number of hydrogen-bond donors (Lipinski definition) is 4. The molecule has 1 fully saturated rings. The predicted octanol–water partition coefficient (Wildman–Crippen LogP) is 3.96. The van der Waals surface area contributed by atoms with Gasteiger partial charge in [-0.05, 0) is 60.1 Å². The quantitative estimate of drug-likeness (QED) is 0.465. The van der Waals surface area contributed by atoms with Crippen LogP contribution in [0.2, 0.25) is 0 Å². The molecular weight excluding hydrogens is 368 g/mol. The van der Waals surface area contributed by atoms with E-state index < -0.39 is 5.41 Å². The molecule has 2 aliphatic rings. The summed E-state index contributed by atoms with van der Waals surface area (Å²) >= 11 is 0. The van der Waals surface area contributed by atoms with E-state index in [2.05, 4.69) is 31.4 Å². The predicted molar refractivity (Wildman–Crippen MR) is 112 cm³/mol. The highest BCUT2D eigenvalue weighted by Gasteiger charge is 2.51. The highest BCUT2D eigenvalue weighted by Crippen LogP contribution is 2.50. The lowest BCUT2D eigenvalue weighted by atomic mass is 9.85. The van der Waals surface area contributed by atoms with Gasteiger partial charge in [-0.2, -0.15) is 0 Å². The van der Waals surface area contributed by atoms with Gasteiger partial charge in [0.05, 0.1) is 5.41 Å². The van der Waals surface area contributed by atoms with Crippen LogP contribution in [0.4, 0.5) is 11.4 Å². The molecular formula is C23H26N2O4. The van der Waals surface area contributed by atoms with Crippen molar-refractivity contribution in [3.63, 3.8) is 0 Å². The van der Waals surface area contributed by atoms with Crippen LogP contribution in [0.25, 0.3) is 0 Å². The first-order valence-corrected chi connectivity index (χ1v) is 9.86. The number of nitrogens with one attached hydrogen (secondary N) is 2. The summed E-state index contributed by atoms with van der Waals surface area (Å²) in [6.07, 6.45) is 2.95. The maximum absolute atomic E-state index is 13.1. The Morgan fingerprint density at radius 3 is 2.48 bits per heavy atom. The summed E-state index contributed by atoms with van der Waals surface area (Å²) in [5.74, 6) is -0.612. The molecule has 0 saturated heterocycles. The molecule has 0 bridgehead atoms. The number of phenolic OH excluding ortho intramolecular Hbond substituents is 2. The minimum atomic E-state index is -0.711. The fraction of sp³-hybridized carbons (Fsp3) is 0.391. The number of phenols is 2. The zero-order valence-corrected chi connectivity index (χ0v) is 16.9. The molecule has 1 unspecified atom stereocenters. The van der Waals surface area contributed by atoms with Crippen molar-refractivity contribution in [2.24, 2.45) is 5.41 Å². The second-order valence-corrected chi connectivity index (χ2v) is 9.22. The first kappa shape index (κ1) is 19.3. The molecule has 2 aromatic carbocycles. The van der Waals surface area contributed by atoms with Gasteiger partial charge in [0.2, 0.25) is 5.91 Å². The number of aromatic hydroxyl groups is 2. The summed E-state index contributed by atoms with van der Waals surface area (Å²) < 4.78 is 0. The van der Waals surface area contributed by atoms with Crippen molar-refractivity contribution in [3.8, 4) is 11.5 Å². The van der Waals surface area contributed by atoms with Crippen molar-refractivity contribution in [3.05, 3.63) is 47.0 Å². The van der Waals surface area contributed by atoms with Crippen LogP contribution in [0.1, 0.15) is 55.1 Å². The first-order chi connectivity index (χ1) is 13.6. The Labute approximate surface area is 170 Å². The number of carbonyl (C=O) groups is 2. The molecule has 4 N–H and O–H groups in total. The van der Waals surface area contributed by atoms with Gasteiger partial charge in [-0.1, -0.05) is 26.8 Å². The van der Waals surface area contributed by atoms with Gasteiger partial charge < -0.3 is 20.8 Å². The molecule has 1 aliphatic heterocycles. The van der Waals surface area contributed by atoms with E-state index in [1.54, 1.807) is 12.1 Å². The number of amides is 1. The van der Waals surface area contributed by atoms with E-state index in [-0.39, 0.29) is 28.9 Å². The maximum Gasteiger partial charge on any atom is 0.235 e. The number of anilines is 2. The van der Waals surface area contributed by atoms with Gasteiger partial charge >= 0.3 is 0 Å². The van der Waals surface area contributed by atoms with Crippen LogP contribution in [-0.4, -0.2) is 28.4 Å². The number of benzene rings is 2. The van der Waals surface area contributed by atoms with Gasteiger partial charge in [0.25, 0.3) is 0 Å². The van der Waals surface area contributed by atoms with E-state index in [1.807, 2.05) is 6.07 Å². The Kier molecular flexibility index (Phi) is 4.33. The van der Waals surface area contributed by atoms with Gasteiger partial charge in [0.15, 0.2) is 17.8 Å². The smallest absolute Gasteiger partial charge is 0.235 e. The van der Waals surface area contributed by atoms with Crippen LogP contribution >= 0.6 is 0 Å². The minimum absolute atomic E-state index is 0.0432. The molecule has 0 spiro atoms. The molecule has 2 aromatic rings. The SMILES string of the molecule is CC(C)(C)C1Cc2cc(NC(=O)C3(c4ccc(O)c(O)c4)CC3)cc(C=O)c2N1. The number of hydrogen-bond acceptors (Lipinski definition) is 5. The van der Waals surface area contributed by atoms with Crippen molar-refractivity contribution >= 4 is 23.6 Å². The highest BCUT2D eigenvalue weighted by atomic mass is 16.3. The second kappa shape index (κ2) is 6.51. The van der Waals surface area contributed by atoms with Gasteiger partial charge in [-0.3, -0.25) is 9.59 Å². The van der Waals surface area contributed by atoms with Crippen LogP contribution in [0.15, 0.2) is 30.3 Å². The average Bonchev–Trinajstić information content (AvgIpc) is 3.35. The lowest BCUT2D eigenvalue weighted by Gasteiger charge is -2.27. The summed E-state index contributed by atoms with van der Waals surface area (Å²) in [4.78, 5) is 24.7. The number of aldehydes is 1. The summed E-state index contributed by atoms with van der Waals surface area (Å²) in [5, 5.41) is 25.8. The summed E-state index contributed by atoms with van der Waals surface area (Å²) in [6, 6.07) is 8.36. The largest absolute Gasteiger partial charge is 0.504 e. The molecule has 1 aliphatic carbocycles. The van der Waals surface area contributed by atoms with Crippen LogP contribution in [0, 0.1) is 5.41 Å². The average molecular weight is 394 g/mol. The molecule has 1 saturated carbocycles. The third-order valence-corrected chi connectivity index (χ3v) is 6.14. The number of rotatable bonds is 4. The Morgan fingerprint density at radius 2 is 1.90 bits per heavy atom. The normalized spacial score (nSPS) is 19.2. The molecule has 6 heteroatoms. The van der Waals surface area contributed by atoms with Gasteiger partial charge in [-0.15, -0.1) is 0 Å². The Balaban J connectivity index is 1.60. The van der Waals surface area contributed by atoms with E-state index in [0.717, 1.165) is 24.0 Å². The number of carbonyl (C=O) groups excluding carboxylic acids is 2. The van der Waals surface area contributed by atoms with Crippen LogP contribution in [-0.2, 0) is 16.6 Å². The molecule has 6 nitrogen and oxygen atoms in total. The van der Waals surface area contributed by atoms with Gasteiger partial charge in [0, 0.05) is 23.0 Å². The lowest BCUT2D eigenvalue weighted by molar-refractivity contribution is -0.118. The zero-order valence-electron chi connectivity index (χ0n) is 16.9. The molecule has 4 rings (SSSR count).